The van der Waals surface area contributed by atoms with Gasteiger partial charge in [0.05, 0.1) is 22.4 Å². The number of para-hydroxylation sites is 1. The van der Waals surface area contributed by atoms with Crippen LogP contribution in [0.4, 0.5) is 0 Å². The largest absolute Gasteiger partial charge is 0.386 e. The molecule has 0 aliphatic rings. The highest BCUT2D eigenvalue weighted by molar-refractivity contribution is 7.07. The van der Waals surface area contributed by atoms with Crippen LogP contribution in [0.3, 0.4) is 0 Å². The summed E-state index contributed by atoms with van der Waals surface area (Å²) in [5, 5.41) is 17.6. The molecule has 0 aliphatic carbocycles. The van der Waals surface area contributed by atoms with Gasteiger partial charge in [0.15, 0.2) is 0 Å². The number of rotatable bonds is 3. The van der Waals surface area contributed by atoms with Crippen molar-refractivity contribution < 1.29 is 5.11 Å². The van der Waals surface area contributed by atoms with Crippen molar-refractivity contribution in [3.05, 3.63) is 46.5 Å². The lowest BCUT2D eigenvalue weighted by atomic mass is 10.1. The van der Waals surface area contributed by atoms with E-state index in [0.29, 0.717) is 6.42 Å². The van der Waals surface area contributed by atoms with Crippen molar-refractivity contribution >= 4 is 22.2 Å². The predicted octanol–water partition coefficient (Wildman–Crippen LogP) is 2.31. The van der Waals surface area contributed by atoms with Gasteiger partial charge in [-0.25, -0.2) is 4.98 Å². The van der Waals surface area contributed by atoms with Gasteiger partial charge in [-0.15, -0.1) is 11.3 Å². The van der Waals surface area contributed by atoms with Gasteiger partial charge >= 0.3 is 0 Å². The van der Waals surface area contributed by atoms with Gasteiger partial charge in [0, 0.05) is 24.2 Å². The van der Waals surface area contributed by atoms with E-state index in [9.17, 15) is 5.11 Å². The third kappa shape index (κ3) is 1.91. The second-order valence-electron chi connectivity index (χ2n) is 4.22. The van der Waals surface area contributed by atoms with Crippen LogP contribution in [0.25, 0.3) is 10.9 Å². The predicted molar refractivity (Wildman–Crippen MR) is 71.5 cm³/mol. The zero-order chi connectivity index (χ0) is 12.5. The smallest absolute Gasteiger partial charge is 0.102 e. The fourth-order valence-electron chi connectivity index (χ4n) is 2.11. The van der Waals surface area contributed by atoms with Crippen molar-refractivity contribution in [2.45, 2.75) is 12.5 Å². The van der Waals surface area contributed by atoms with Gasteiger partial charge in [-0.05, 0) is 6.07 Å². The molecule has 92 valence electrons. The van der Waals surface area contributed by atoms with Crippen LogP contribution in [-0.2, 0) is 13.5 Å². The Balaban J connectivity index is 1.96. The lowest BCUT2D eigenvalue weighted by molar-refractivity contribution is 0.173. The third-order valence-electron chi connectivity index (χ3n) is 3.01. The Morgan fingerprint density at radius 2 is 2.22 bits per heavy atom. The highest BCUT2D eigenvalue weighted by Crippen LogP contribution is 2.23. The SMILES string of the molecule is Cn1nc(CC(O)c2cscn2)c2ccccc21. The fraction of sp³-hybridized carbons (Fsp3) is 0.231. The second-order valence-corrected chi connectivity index (χ2v) is 4.94. The summed E-state index contributed by atoms with van der Waals surface area (Å²) < 4.78 is 1.85. The molecule has 0 fully saturated rings. The monoisotopic (exact) mass is 259 g/mol. The number of hydrogen-bond acceptors (Lipinski definition) is 4. The second kappa shape index (κ2) is 4.51. The summed E-state index contributed by atoms with van der Waals surface area (Å²) in [6.45, 7) is 0. The molecule has 0 amide bonds. The number of fused-ring (bicyclic) bond motifs is 1. The number of nitrogens with zero attached hydrogens (tertiary/aromatic N) is 3. The highest BCUT2D eigenvalue weighted by Gasteiger charge is 2.15. The number of aromatic nitrogens is 3. The van der Waals surface area contributed by atoms with Gasteiger partial charge in [-0.1, -0.05) is 18.2 Å². The molecule has 3 rings (SSSR count). The van der Waals surface area contributed by atoms with Crippen LogP contribution in [0.15, 0.2) is 35.2 Å². The number of aliphatic hydroxyl groups is 1. The number of hydrogen-bond donors (Lipinski definition) is 1. The Kier molecular flexibility index (Phi) is 2.85. The Hall–Kier alpha value is -1.72. The van der Waals surface area contributed by atoms with E-state index < -0.39 is 6.10 Å². The van der Waals surface area contributed by atoms with Crippen LogP contribution in [0, 0.1) is 0 Å². The summed E-state index contributed by atoms with van der Waals surface area (Å²) in [7, 11) is 1.92. The molecule has 0 saturated carbocycles. The first-order chi connectivity index (χ1) is 8.75. The van der Waals surface area contributed by atoms with Crippen LogP contribution >= 0.6 is 11.3 Å². The van der Waals surface area contributed by atoms with Crippen LogP contribution in [0.5, 0.6) is 0 Å². The maximum absolute atomic E-state index is 10.1. The van der Waals surface area contributed by atoms with E-state index in [1.54, 1.807) is 5.51 Å². The summed E-state index contributed by atoms with van der Waals surface area (Å²) in [6.07, 6.45) is -0.0972. The van der Waals surface area contributed by atoms with Crippen molar-refractivity contribution in [3.63, 3.8) is 0 Å². The van der Waals surface area contributed by atoms with E-state index in [1.807, 2.05) is 41.4 Å². The summed E-state index contributed by atoms with van der Waals surface area (Å²) >= 11 is 1.49. The van der Waals surface area contributed by atoms with Crippen LogP contribution in [-0.4, -0.2) is 19.9 Å². The lowest BCUT2D eigenvalue weighted by Gasteiger charge is -2.05. The van der Waals surface area contributed by atoms with Crippen molar-refractivity contribution in [1.82, 2.24) is 14.8 Å². The van der Waals surface area contributed by atoms with E-state index in [0.717, 1.165) is 22.3 Å². The van der Waals surface area contributed by atoms with Gasteiger partial charge in [0.25, 0.3) is 0 Å². The highest BCUT2D eigenvalue weighted by atomic mass is 32.1. The molecule has 0 spiro atoms. The first-order valence-electron chi connectivity index (χ1n) is 5.72. The van der Waals surface area contributed by atoms with Crippen molar-refractivity contribution in [2.75, 3.05) is 0 Å². The molecular formula is C13H13N3OS. The molecule has 1 N–H and O–H groups in total. The van der Waals surface area contributed by atoms with Crippen LogP contribution < -0.4 is 0 Å². The minimum atomic E-state index is -0.588. The van der Waals surface area contributed by atoms with Crippen LogP contribution in [0.1, 0.15) is 17.5 Å². The van der Waals surface area contributed by atoms with Crippen LogP contribution in [0.2, 0.25) is 0 Å². The van der Waals surface area contributed by atoms with Gasteiger partial charge in [-0.2, -0.15) is 5.10 Å². The molecule has 1 aromatic carbocycles. The number of benzene rings is 1. The van der Waals surface area contributed by atoms with E-state index in [4.69, 9.17) is 0 Å². The molecule has 2 aromatic heterocycles. The Labute approximate surface area is 109 Å². The molecule has 18 heavy (non-hydrogen) atoms. The Morgan fingerprint density at radius 1 is 1.39 bits per heavy atom. The summed E-state index contributed by atoms with van der Waals surface area (Å²) in [6, 6.07) is 8.04. The number of thiazole rings is 1. The summed E-state index contributed by atoms with van der Waals surface area (Å²) in [4.78, 5) is 4.13. The van der Waals surface area contributed by atoms with E-state index in [-0.39, 0.29) is 0 Å². The summed E-state index contributed by atoms with van der Waals surface area (Å²) in [5.74, 6) is 0. The fourth-order valence-corrected chi connectivity index (χ4v) is 2.71. The van der Waals surface area contributed by atoms with E-state index in [2.05, 4.69) is 10.1 Å². The van der Waals surface area contributed by atoms with Gasteiger partial charge in [0.1, 0.15) is 6.10 Å². The van der Waals surface area contributed by atoms with Crippen molar-refractivity contribution in [3.8, 4) is 0 Å². The third-order valence-corrected chi connectivity index (χ3v) is 3.62. The zero-order valence-corrected chi connectivity index (χ0v) is 10.8. The first-order valence-corrected chi connectivity index (χ1v) is 6.67. The molecule has 0 saturated heterocycles. The van der Waals surface area contributed by atoms with Crippen molar-refractivity contribution in [2.24, 2.45) is 7.05 Å². The number of aliphatic hydroxyl groups excluding tert-OH is 1. The van der Waals surface area contributed by atoms with E-state index >= 15 is 0 Å². The minimum absolute atomic E-state index is 0.491. The molecule has 0 aliphatic heterocycles. The summed E-state index contributed by atoms with van der Waals surface area (Å²) in [5.41, 5.74) is 4.44. The normalized spacial score (nSPS) is 13.0. The van der Waals surface area contributed by atoms with Gasteiger partial charge < -0.3 is 5.11 Å². The van der Waals surface area contributed by atoms with Gasteiger partial charge in [-0.3, -0.25) is 4.68 Å². The average molecular weight is 259 g/mol. The molecule has 3 aromatic rings. The topological polar surface area (TPSA) is 50.9 Å². The number of aryl methyl sites for hydroxylation is 1. The quantitative estimate of drug-likeness (QED) is 0.785. The Morgan fingerprint density at radius 3 is 3.00 bits per heavy atom. The zero-order valence-electron chi connectivity index (χ0n) is 9.95. The molecule has 0 bridgehead atoms. The van der Waals surface area contributed by atoms with Gasteiger partial charge in [0.2, 0.25) is 0 Å². The Bertz CT molecular complexity index is 660. The minimum Gasteiger partial charge on any atom is -0.386 e. The molecule has 2 heterocycles. The maximum Gasteiger partial charge on any atom is 0.102 e. The molecule has 4 nitrogen and oxygen atoms in total. The van der Waals surface area contributed by atoms with E-state index in [1.165, 1.54) is 11.3 Å². The average Bonchev–Trinajstić information content (AvgIpc) is 3.00. The molecular weight excluding hydrogens is 246 g/mol. The standard InChI is InChI=1S/C13H13N3OS/c1-16-12-5-3-2-4-9(12)10(15-16)6-13(17)11-7-18-8-14-11/h2-5,7-8,13,17H,6H2,1H3. The molecule has 1 unspecified atom stereocenters. The molecule has 5 heteroatoms. The first kappa shape index (κ1) is 11.4. The lowest BCUT2D eigenvalue weighted by Crippen LogP contribution is -2.03. The maximum atomic E-state index is 10.1. The molecule has 1 atom stereocenters. The molecule has 0 radical (unpaired) electrons. The van der Waals surface area contributed by atoms with Crippen molar-refractivity contribution in [1.29, 1.82) is 0 Å².